The third-order valence-corrected chi connectivity index (χ3v) is 6.43. The molecular formula is C26H31FN6OS. The first-order chi connectivity index (χ1) is 16.6. The molecule has 0 aliphatic heterocycles. The molecule has 2 heterocycles. The van der Waals surface area contributed by atoms with Gasteiger partial charge in [0.1, 0.15) is 11.5 Å². The summed E-state index contributed by atoms with van der Waals surface area (Å²) in [4.78, 5) is 19.9. The van der Waals surface area contributed by atoms with Crippen LogP contribution in [-0.4, -0.2) is 39.6 Å². The molecule has 0 atom stereocenters. The summed E-state index contributed by atoms with van der Waals surface area (Å²) < 4.78 is 15.2. The Bertz CT molecular complexity index is 1320. The fourth-order valence-electron chi connectivity index (χ4n) is 3.65. The van der Waals surface area contributed by atoms with Crippen LogP contribution >= 0.6 is 11.3 Å². The highest BCUT2D eigenvalue weighted by molar-refractivity contribution is 7.20. The van der Waals surface area contributed by atoms with Crippen molar-refractivity contribution < 1.29 is 9.18 Å². The maximum atomic E-state index is 13.4. The number of carbonyl (C=O) groups is 1. The van der Waals surface area contributed by atoms with Gasteiger partial charge in [0.25, 0.3) is 0 Å². The summed E-state index contributed by atoms with van der Waals surface area (Å²) in [6, 6.07) is 14.6. The molecule has 0 bridgehead atoms. The Kier molecular flexibility index (Phi) is 7.07. The van der Waals surface area contributed by atoms with Crippen molar-refractivity contribution in [2.75, 3.05) is 23.8 Å². The highest BCUT2D eigenvalue weighted by Gasteiger charge is 2.23. The first-order valence-electron chi connectivity index (χ1n) is 11.6. The van der Waals surface area contributed by atoms with Crippen LogP contribution in [0.25, 0.3) is 16.2 Å². The van der Waals surface area contributed by atoms with Crippen molar-refractivity contribution >= 4 is 33.2 Å². The molecule has 0 unspecified atom stereocenters. The first-order valence-corrected chi connectivity index (χ1v) is 12.4. The number of nitrogens with one attached hydrogen (secondary N) is 2. The van der Waals surface area contributed by atoms with Gasteiger partial charge in [-0.05, 0) is 50.5 Å². The number of rotatable bonds is 8. The number of nitrogens with zero attached hydrogens (tertiary/aromatic N) is 4. The van der Waals surface area contributed by atoms with E-state index in [2.05, 4.69) is 62.6 Å². The topological polar surface area (TPSA) is 74.6 Å². The van der Waals surface area contributed by atoms with Crippen molar-refractivity contribution in [1.29, 1.82) is 0 Å². The minimum absolute atomic E-state index is 0.124. The second-order valence-electron chi connectivity index (χ2n) is 9.58. The quantitative estimate of drug-likeness (QED) is 0.356. The molecule has 184 valence electrons. The average Bonchev–Trinajstić information content (AvgIpc) is 3.36. The van der Waals surface area contributed by atoms with E-state index in [0.29, 0.717) is 10.7 Å². The molecule has 1 amide bonds. The summed E-state index contributed by atoms with van der Waals surface area (Å²) in [5, 5.41) is 11.8. The van der Waals surface area contributed by atoms with Gasteiger partial charge in [0.05, 0.1) is 6.54 Å². The van der Waals surface area contributed by atoms with Gasteiger partial charge in [-0.15, -0.1) is 5.10 Å². The van der Waals surface area contributed by atoms with Crippen LogP contribution in [0.3, 0.4) is 0 Å². The summed E-state index contributed by atoms with van der Waals surface area (Å²) in [5.41, 5.74) is 3.67. The van der Waals surface area contributed by atoms with E-state index in [1.165, 1.54) is 29.0 Å². The number of hydrogen-bond acceptors (Lipinski definition) is 6. The SMILES string of the molecule is CCc1ccc(-c2nc3sc(N(C)CC(=O)NCc4cccc(F)c4)nn3c2NC(C)(C)C)cc1. The third-order valence-electron chi connectivity index (χ3n) is 5.41. The first kappa shape index (κ1) is 24.7. The normalized spacial score (nSPS) is 11.6. The van der Waals surface area contributed by atoms with Crippen LogP contribution in [-0.2, 0) is 17.8 Å². The Morgan fingerprint density at radius 2 is 1.89 bits per heavy atom. The van der Waals surface area contributed by atoms with Crippen molar-refractivity contribution in [2.45, 2.75) is 46.2 Å². The van der Waals surface area contributed by atoms with Gasteiger partial charge >= 0.3 is 0 Å². The number of imidazole rings is 1. The molecule has 4 rings (SSSR count). The molecule has 0 saturated carbocycles. The maximum absolute atomic E-state index is 13.4. The van der Waals surface area contributed by atoms with E-state index in [9.17, 15) is 9.18 Å². The van der Waals surface area contributed by atoms with E-state index in [4.69, 9.17) is 10.1 Å². The van der Waals surface area contributed by atoms with Gasteiger partial charge < -0.3 is 15.5 Å². The number of carbonyl (C=O) groups excluding carboxylic acids is 1. The van der Waals surface area contributed by atoms with Crippen LogP contribution < -0.4 is 15.5 Å². The Morgan fingerprint density at radius 1 is 1.14 bits per heavy atom. The van der Waals surface area contributed by atoms with Crippen molar-refractivity contribution in [3.63, 3.8) is 0 Å². The largest absolute Gasteiger partial charge is 0.364 e. The lowest BCUT2D eigenvalue weighted by molar-refractivity contribution is -0.119. The Hall–Kier alpha value is -3.46. The predicted molar refractivity (Wildman–Crippen MR) is 141 cm³/mol. The van der Waals surface area contributed by atoms with Gasteiger partial charge in [0, 0.05) is 24.7 Å². The standard InChI is InChI=1S/C26H31FN6OS/c1-6-17-10-12-19(13-11-17)22-23(30-26(2,3)4)33-24(29-22)35-25(31-33)32(5)16-21(34)28-15-18-8-7-9-20(27)14-18/h7-14,30H,6,15-16H2,1-5H3,(H,28,34). The highest BCUT2D eigenvalue weighted by atomic mass is 32.1. The Morgan fingerprint density at radius 3 is 2.54 bits per heavy atom. The molecule has 4 aromatic rings. The molecule has 2 aromatic heterocycles. The van der Waals surface area contributed by atoms with Crippen molar-refractivity contribution in [2.24, 2.45) is 0 Å². The van der Waals surface area contributed by atoms with E-state index in [-0.39, 0.29) is 30.4 Å². The van der Waals surface area contributed by atoms with E-state index in [0.717, 1.165) is 28.5 Å². The number of halogens is 1. The predicted octanol–water partition coefficient (Wildman–Crippen LogP) is 5.12. The fraction of sp³-hybridized carbons (Fsp3) is 0.346. The molecule has 0 saturated heterocycles. The molecule has 0 fully saturated rings. The van der Waals surface area contributed by atoms with Crippen LogP contribution in [0.1, 0.15) is 38.8 Å². The zero-order valence-corrected chi connectivity index (χ0v) is 21.5. The van der Waals surface area contributed by atoms with Gasteiger partial charge in [-0.2, -0.15) is 4.52 Å². The highest BCUT2D eigenvalue weighted by Crippen LogP contribution is 2.34. The van der Waals surface area contributed by atoms with E-state index < -0.39 is 0 Å². The van der Waals surface area contributed by atoms with Crippen molar-refractivity contribution in [3.05, 3.63) is 65.5 Å². The lowest BCUT2D eigenvalue weighted by Crippen LogP contribution is -2.34. The zero-order chi connectivity index (χ0) is 25.2. The fourth-order valence-corrected chi connectivity index (χ4v) is 4.51. The number of amides is 1. The maximum Gasteiger partial charge on any atom is 0.239 e. The Balaban J connectivity index is 1.54. The van der Waals surface area contributed by atoms with E-state index >= 15 is 0 Å². The Labute approximate surface area is 209 Å². The summed E-state index contributed by atoms with van der Waals surface area (Å²) in [5.74, 6) is 0.331. The van der Waals surface area contributed by atoms with Gasteiger partial charge in [-0.3, -0.25) is 4.79 Å². The molecule has 9 heteroatoms. The molecule has 0 aliphatic carbocycles. The molecular weight excluding hydrogens is 463 g/mol. The smallest absolute Gasteiger partial charge is 0.239 e. The molecule has 7 nitrogen and oxygen atoms in total. The van der Waals surface area contributed by atoms with Crippen LogP contribution in [0.5, 0.6) is 0 Å². The van der Waals surface area contributed by atoms with Gasteiger partial charge in [0.15, 0.2) is 5.82 Å². The molecule has 2 N–H and O–H groups in total. The molecule has 2 aromatic carbocycles. The summed E-state index contributed by atoms with van der Waals surface area (Å²) in [6.07, 6.45) is 0.985. The molecule has 0 aliphatic rings. The summed E-state index contributed by atoms with van der Waals surface area (Å²) in [7, 11) is 1.82. The van der Waals surface area contributed by atoms with Crippen LogP contribution in [0.4, 0.5) is 15.3 Å². The van der Waals surface area contributed by atoms with E-state index in [1.54, 1.807) is 17.0 Å². The average molecular weight is 495 g/mol. The lowest BCUT2D eigenvalue weighted by atomic mass is 10.1. The van der Waals surface area contributed by atoms with Gasteiger partial charge in [-0.1, -0.05) is 54.7 Å². The lowest BCUT2D eigenvalue weighted by Gasteiger charge is -2.22. The van der Waals surface area contributed by atoms with Crippen LogP contribution in [0, 0.1) is 5.82 Å². The van der Waals surface area contributed by atoms with Crippen molar-refractivity contribution in [3.8, 4) is 11.3 Å². The number of fused-ring (bicyclic) bond motifs is 1. The number of hydrogen-bond donors (Lipinski definition) is 2. The van der Waals surface area contributed by atoms with Crippen LogP contribution in [0.2, 0.25) is 0 Å². The second kappa shape index (κ2) is 10.0. The number of aryl methyl sites for hydroxylation is 1. The number of aromatic nitrogens is 3. The summed E-state index contributed by atoms with van der Waals surface area (Å²) >= 11 is 1.42. The molecule has 0 radical (unpaired) electrons. The third kappa shape index (κ3) is 5.97. The minimum atomic E-state index is -0.319. The molecule has 35 heavy (non-hydrogen) atoms. The second-order valence-corrected chi connectivity index (χ2v) is 10.5. The number of benzene rings is 2. The number of anilines is 2. The van der Waals surface area contributed by atoms with Gasteiger partial charge in [-0.25, -0.2) is 9.37 Å². The van der Waals surface area contributed by atoms with Crippen molar-refractivity contribution in [1.82, 2.24) is 19.9 Å². The monoisotopic (exact) mass is 494 g/mol. The van der Waals surface area contributed by atoms with Crippen LogP contribution in [0.15, 0.2) is 48.5 Å². The number of likely N-dealkylation sites (N-methyl/N-ethyl adjacent to an activating group) is 1. The molecule has 0 spiro atoms. The zero-order valence-electron chi connectivity index (χ0n) is 20.7. The van der Waals surface area contributed by atoms with E-state index in [1.807, 2.05) is 11.6 Å². The van der Waals surface area contributed by atoms with Gasteiger partial charge in [0.2, 0.25) is 16.0 Å². The summed E-state index contributed by atoms with van der Waals surface area (Å²) in [6.45, 7) is 8.82. The minimum Gasteiger partial charge on any atom is -0.364 e.